The molecule has 25 heavy (non-hydrogen) atoms. The van der Waals surface area contributed by atoms with Crippen LogP contribution >= 0.6 is 27.3 Å². The number of carbonyl (C=O) groups excluding carboxylic acids is 1. The number of hydrogen-bond acceptors (Lipinski definition) is 4. The van der Waals surface area contributed by atoms with E-state index in [-0.39, 0.29) is 0 Å². The molecule has 1 heterocycles. The van der Waals surface area contributed by atoms with Crippen LogP contribution in [0.5, 0.6) is 0 Å². The Morgan fingerprint density at radius 2 is 1.72 bits per heavy atom. The van der Waals surface area contributed by atoms with Crippen LogP contribution in [-0.4, -0.2) is 23.3 Å². The number of thiophene rings is 1. The number of anilines is 1. The Morgan fingerprint density at radius 1 is 1.08 bits per heavy atom. The predicted octanol–water partition coefficient (Wildman–Crippen LogP) is 5.19. The molecule has 0 aliphatic heterocycles. The number of rotatable bonds is 6. The van der Waals surface area contributed by atoms with Gasteiger partial charge in [-0.15, -0.1) is 11.3 Å². The van der Waals surface area contributed by atoms with E-state index in [0.717, 1.165) is 37.3 Å². The van der Waals surface area contributed by atoms with Crippen LogP contribution in [0.1, 0.15) is 0 Å². The average Bonchev–Trinajstić information content (AvgIpc) is 3.02. The molecule has 3 rings (SSSR count). The summed E-state index contributed by atoms with van der Waals surface area (Å²) in [7, 11) is -0.974. The lowest BCUT2D eigenvalue weighted by Crippen LogP contribution is -2.01. The topological polar surface area (TPSA) is 46.2 Å². The van der Waals surface area contributed by atoms with Crippen LogP contribution in [0, 0.1) is 0 Å². The minimum absolute atomic E-state index is 0.306. The van der Waals surface area contributed by atoms with Crippen molar-refractivity contribution in [2.75, 3.05) is 18.1 Å². The molecule has 0 aliphatic rings. The highest BCUT2D eigenvalue weighted by Crippen LogP contribution is 2.41. The number of carbonyl (C=O) groups is 1. The fourth-order valence-electron chi connectivity index (χ4n) is 2.51. The first-order valence-electron chi connectivity index (χ1n) is 7.59. The Kier molecular flexibility index (Phi) is 5.83. The van der Waals surface area contributed by atoms with Crippen molar-refractivity contribution in [1.29, 1.82) is 0 Å². The van der Waals surface area contributed by atoms with Crippen molar-refractivity contribution in [1.82, 2.24) is 0 Å². The molecule has 0 bridgehead atoms. The third kappa shape index (κ3) is 4.26. The normalized spacial score (nSPS) is 11.9. The van der Waals surface area contributed by atoms with Crippen LogP contribution in [0.2, 0.25) is 0 Å². The molecule has 0 spiro atoms. The number of hydrogen-bond donors (Lipinski definition) is 1. The summed E-state index contributed by atoms with van der Waals surface area (Å²) in [6, 6.07) is 18.0. The van der Waals surface area contributed by atoms with Crippen LogP contribution < -0.4 is 5.32 Å². The fourth-order valence-corrected chi connectivity index (χ4v) is 4.66. The fraction of sp³-hybridized carbons (Fsp3) is 0.105. The summed E-state index contributed by atoms with van der Waals surface area (Å²) < 4.78 is 12.6. The largest absolute Gasteiger partial charge is 0.378 e. The quantitative estimate of drug-likeness (QED) is 0.543. The molecular weight excluding hydrogens is 418 g/mol. The van der Waals surface area contributed by atoms with Gasteiger partial charge in [-0.05, 0) is 57.4 Å². The molecular formula is C19H16BrNO2S2. The van der Waals surface area contributed by atoms with Gasteiger partial charge >= 0.3 is 0 Å². The molecule has 0 aliphatic carbocycles. The van der Waals surface area contributed by atoms with Crippen molar-refractivity contribution >= 4 is 50.0 Å². The maximum Gasteiger partial charge on any atom is 0.139 e. The van der Waals surface area contributed by atoms with Gasteiger partial charge in [-0.3, -0.25) is 4.21 Å². The number of halogens is 1. The molecule has 1 N–H and O–H groups in total. The summed E-state index contributed by atoms with van der Waals surface area (Å²) in [5.74, 6) is 0. The van der Waals surface area contributed by atoms with Crippen LogP contribution in [0.25, 0.3) is 21.6 Å². The van der Waals surface area contributed by atoms with Crippen LogP contribution in [-0.2, 0) is 15.6 Å². The Bertz CT molecular complexity index is 902. The van der Waals surface area contributed by atoms with E-state index in [2.05, 4.69) is 27.3 Å². The highest BCUT2D eigenvalue weighted by atomic mass is 79.9. The van der Waals surface area contributed by atoms with E-state index in [9.17, 15) is 9.00 Å². The first kappa shape index (κ1) is 18.0. The molecule has 0 saturated carbocycles. The van der Waals surface area contributed by atoms with Gasteiger partial charge in [0, 0.05) is 38.1 Å². The van der Waals surface area contributed by atoms with Gasteiger partial charge in [0.15, 0.2) is 0 Å². The minimum atomic E-state index is -0.974. The SMILES string of the molecule is CS(=O)c1ccc(-c2cc(Br)sc2-c2ccc(NCC=O)cc2)cc1. The molecule has 3 nitrogen and oxygen atoms in total. The highest BCUT2D eigenvalue weighted by molar-refractivity contribution is 9.11. The van der Waals surface area contributed by atoms with Crippen molar-refractivity contribution in [3.05, 3.63) is 58.4 Å². The molecule has 1 unspecified atom stereocenters. The van der Waals surface area contributed by atoms with Gasteiger partial charge in [0.1, 0.15) is 6.29 Å². The molecule has 1 aromatic heterocycles. The third-order valence-corrected chi connectivity index (χ3v) is 6.36. The van der Waals surface area contributed by atoms with E-state index in [0.29, 0.717) is 6.54 Å². The standard InChI is InChI=1S/C19H16BrNO2S2/c1-25(23)16-8-4-13(5-9-16)17-12-18(20)24-19(17)14-2-6-15(7-3-14)21-10-11-22/h2-9,11-12,21H,10H2,1H3. The van der Waals surface area contributed by atoms with Gasteiger partial charge in [0.25, 0.3) is 0 Å². The highest BCUT2D eigenvalue weighted by Gasteiger charge is 2.12. The number of aldehydes is 1. The van der Waals surface area contributed by atoms with Crippen molar-refractivity contribution in [2.24, 2.45) is 0 Å². The first-order valence-corrected chi connectivity index (χ1v) is 10.8. The lowest BCUT2D eigenvalue weighted by molar-refractivity contribution is -0.106. The van der Waals surface area contributed by atoms with Gasteiger partial charge in [-0.25, -0.2) is 0 Å². The third-order valence-electron chi connectivity index (χ3n) is 3.74. The van der Waals surface area contributed by atoms with Crippen LogP contribution in [0.3, 0.4) is 0 Å². The van der Waals surface area contributed by atoms with Gasteiger partial charge < -0.3 is 10.1 Å². The van der Waals surface area contributed by atoms with E-state index in [1.54, 1.807) is 17.6 Å². The maximum absolute atomic E-state index is 11.6. The number of benzene rings is 2. The average molecular weight is 434 g/mol. The Morgan fingerprint density at radius 3 is 2.32 bits per heavy atom. The summed E-state index contributed by atoms with van der Waals surface area (Å²) >= 11 is 5.26. The second-order valence-electron chi connectivity index (χ2n) is 5.40. The summed E-state index contributed by atoms with van der Waals surface area (Å²) in [6.07, 6.45) is 2.53. The van der Waals surface area contributed by atoms with E-state index < -0.39 is 10.8 Å². The minimum Gasteiger partial charge on any atom is -0.378 e. The van der Waals surface area contributed by atoms with E-state index in [1.807, 2.05) is 48.5 Å². The summed E-state index contributed by atoms with van der Waals surface area (Å²) in [6.45, 7) is 0.306. The van der Waals surface area contributed by atoms with Crippen molar-refractivity contribution < 1.29 is 9.00 Å². The van der Waals surface area contributed by atoms with E-state index >= 15 is 0 Å². The van der Waals surface area contributed by atoms with Crippen LogP contribution in [0.4, 0.5) is 5.69 Å². The second-order valence-corrected chi connectivity index (χ2v) is 9.21. The Balaban J connectivity index is 1.95. The molecule has 6 heteroatoms. The Labute approximate surface area is 161 Å². The zero-order valence-corrected chi connectivity index (χ0v) is 16.7. The maximum atomic E-state index is 11.6. The lowest BCUT2D eigenvalue weighted by Gasteiger charge is -2.07. The van der Waals surface area contributed by atoms with Crippen molar-refractivity contribution in [2.45, 2.75) is 4.90 Å². The summed E-state index contributed by atoms with van der Waals surface area (Å²) in [5, 5.41) is 3.04. The molecule has 0 radical (unpaired) electrons. The van der Waals surface area contributed by atoms with Crippen molar-refractivity contribution in [3.63, 3.8) is 0 Å². The first-order chi connectivity index (χ1) is 12.1. The van der Waals surface area contributed by atoms with Crippen molar-refractivity contribution in [3.8, 4) is 21.6 Å². The monoisotopic (exact) mass is 433 g/mol. The summed E-state index contributed by atoms with van der Waals surface area (Å²) in [4.78, 5) is 12.4. The molecule has 3 aromatic rings. The van der Waals surface area contributed by atoms with Gasteiger partial charge in [-0.2, -0.15) is 0 Å². The van der Waals surface area contributed by atoms with Crippen LogP contribution in [0.15, 0.2) is 63.3 Å². The Hall–Kier alpha value is -1.76. The van der Waals surface area contributed by atoms with Gasteiger partial charge in [0.05, 0.1) is 10.3 Å². The van der Waals surface area contributed by atoms with E-state index in [4.69, 9.17) is 0 Å². The molecule has 0 amide bonds. The zero-order chi connectivity index (χ0) is 17.8. The zero-order valence-electron chi connectivity index (χ0n) is 13.5. The number of nitrogens with one attached hydrogen (secondary N) is 1. The molecule has 0 fully saturated rings. The molecule has 128 valence electrons. The molecule has 1 atom stereocenters. The predicted molar refractivity (Wildman–Crippen MR) is 110 cm³/mol. The van der Waals surface area contributed by atoms with Gasteiger partial charge in [-0.1, -0.05) is 24.3 Å². The van der Waals surface area contributed by atoms with E-state index in [1.165, 1.54) is 4.88 Å². The summed E-state index contributed by atoms with van der Waals surface area (Å²) in [5.41, 5.74) is 4.27. The second kappa shape index (κ2) is 8.08. The van der Waals surface area contributed by atoms with Gasteiger partial charge in [0.2, 0.25) is 0 Å². The molecule has 2 aromatic carbocycles. The smallest absolute Gasteiger partial charge is 0.139 e. The molecule has 0 saturated heterocycles. The lowest BCUT2D eigenvalue weighted by atomic mass is 10.0.